The number of likely N-dealkylation sites (tertiary alicyclic amines) is 1. The lowest BCUT2D eigenvalue weighted by Crippen LogP contribution is -2.41. The Balaban J connectivity index is 1.95. The summed E-state index contributed by atoms with van der Waals surface area (Å²) in [5.74, 6) is 2.24. The number of hydrogen-bond donors (Lipinski definition) is 1. The smallest absolute Gasteiger partial charge is 0.227 e. The minimum atomic E-state index is 0.148. The van der Waals surface area contributed by atoms with Crippen LogP contribution in [0.1, 0.15) is 25.3 Å². The first-order valence-electron chi connectivity index (χ1n) is 8.38. The van der Waals surface area contributed by atoms with Crippen molar-refractivity contribution in [3.8, 4) is 11.5 Å². The van der Waals surface area contributed by atoms with Crippen molar-refractivity contribution in [3.05, 3.63) is 23.8 Å². The topological polar surface area (TPSA) is 50.8 Å². The zero-order chi connectivity index (χ0) is 16.7. The van der Waals surface area contributed by atoms with Gasteiger partial charge in [0.25, 0.3) is 0 Å². The lowest BCUT2D eigenvalue weighted by Gasteiger charge is -2.32. The van der Waals surface area contributed by atoms with E-state index in [1.54, 1.807) is 14.2 Å². The van der Waals surface area contributed by atoms with Crippen LogP contribution in [0.3, 0.4) is 0 Å². The van der Waals surface area contributed by atoms with Gasteiger partial charge in [0.2, 0.25) is 5.91 Å². The maximum absolute atomic E-state index is 12.6. The molecule has 1 aliphatic rings. The fraction of sp³-hybridized carbons (Fsp3) is 0.611. The number of nitrogens with zero attached hydrogens (tertiary/aromatic N) is 1. The van der Waals surface area contributed by atoms with E-state index in [-0.39, 0.29) is 5.91 Å². The maximum atomic E-state index is 12.6. The van der Waals surface area contributed by atoms with Crippen LogP contribution in [0.15, 0.2) is 18.2 Å². The summed E-state index contributed by atoms with van der Waals surface area (Å²) < 4.78 is 10.8. The van der Waals surface area contributed by atoms with Crippen molar-refractivity contribution in [3.63, 3.8) is 0 Å². The molecule has 0 aromatic heterocycles. The van der Waals surface area contributed by atoms with E-state index in [0.717, 1.165) is 44.6 Å². The number of carbonyl (C=O) groups excluding carboxylic acids is 1. The number of benzene rings is 1. The molecule has 23 heavy (non-hydrogen) atoms. The van der Waals surface area contributed by atoms with E-state index >= 15 is 0 Å². The highest BCUT2D eigenvalue weighted by molar-refractivity contribution is 5.80. The molecule has 2 rings (SSSR count). The van der Waals surface area contributed by atoms with Crippen molar-refractivity contribution in [1.82, 2.24) is 10.2 Å². The first-order chi connectivity index (χ1) is 11.2. The number of carbonyl (C=O) groups is 1. The molecule has 0 aliphatic carbocycles. The molecular formula is C18H28N2O3. The average Bonchev–Trinajstić information content (AvgIpc) is 2.60. The van der Waals surface area contributed by atoms with Crippen LogP contribution >= 0.6 is 0 Å². The Morgan fingerprint density at radius 3 is 2.35 bits per heavy atom. The van der Waals surface area contributed by atoms with Crippen LogP contribution in [0.5, 0.6) is 11.5 Å². The standard InChI is InChI=1S/C18H28N2O3/c1-4-19-13-14-8-10-20(11-9-14)18(21)12-15-16(22-2)6-5-7-17(15)23-3/h5-7,14,19H,4,8-13H2,1-3H3. The van der Waals surface area contributed by atoms with Gasteiger partial charge < -0.3 is 19.7 Å². The molecule has 0 unspecified atom stereocenters. The molecule has 1 heterocycles. The normalized spacial score (nSPS) is 15.5. The molecule has 0 radical (unpaired) electrons. The molecule has 1 aromatic carbocycles. The van der Waals surface area contributed by atoms with Crippen molar-refractivity contribution in [2.24, 2.45) is 5.92 Å². The Morgan fingerprint density at radius 2 is 1.83 bits per heavy atom. The molecular weight excluding hydrogens is 292 g/mol. The number of rotatable bonds is 7. The first kappa shape index (κ1) is 17.6. The number of ether oxygens (including phenoxy) is 2. The van der Waals surface area contributed by atoms with Crippen molar-refractivity contribution < 1.29 is 14.3 Å². The van der Waals surface area contributed by atoms with Crippen LogP contribution < -0.4 is 14.8 Å². The van der Waals surface area contributed by atoms with Gasteiger partial charge in [-0.15, -0.1) is 0 Å². The fourth-order valence-corrected chi connectivity index (χ4v) is 3.10. The molecule has 5 nitrogen and oxygen atoms in total. The molecule has 1 amide bonds. The monoisotopic (exact) mass is 320 g/mol. The molecule has 0 bridgehead atoms. The molecule has 1 aliphatic heterocycles. The van der Waals surface area contributed by atoms with Gasteiger partial charge in [0.1, 0.15) is 11.5 Å². The van der Waals surface area contributed by atoms with E-state index in [1.165, 1.54) is 0 Å². The van der Waals surface area contributed by atoms with Crippen LogP contribution in [0, 0.1) is 5.92 Å². The Kier molecular flexibility index (Phi) is 6.71. The summed E-state index contributed by atoms with van der Waals surface area (Å²) in [6.45, 7) is 5.86. The predicted octanol–water partition coefficient (Wildman–Crippen LogP) is 2.09. The van der Waals surface area contributed by atoms with Gasteiger partial charge in [0, 0.05) is 18.7 Å². The van der Waals surface area contributed by atoms with Gasteiger partial charge in [-0.05, 0) is 44.0 Å². The Labute approximate surface area is 139 Å². The fourth-order valence-electron chi connectivity index (χ4n) is 3.10. The minimum Gasteiger partial charge on any atom is -0.496 e. The molecule has 0 saturated carbocycles. The zero-order valence-corrected chi connectivity index (χ0v) is 14.4. The van der Waals surface area contributed by atoms with Gasteiger partial charge in [-0.1, -0.05) is 13.0 Å². The highest BCUT2D eigenvalue weighted by atomic mass is 16.5. The van der Waals surface area contributed by atoms with E-state index in [1.807, 2.05) is 23.1 Å². The van der Waals surface area contributed by atoms with Crippen molar-refractivity contribution in [2.45, 2.75) is 26.2 Å². The van der Waals surface area contributed by atoms with E-state index in [4.69, 9.17) is 9.47 Å². The first-order valence-corrected chi connectivity index (χ1v) is 8.38. The van der Waals surface area contributed by atoms with Crippen LogP contribution in [-0.4, -0.2) is 51.2 Å². The number of nitrogens with one attached hydrogen (secondary N) is 1. The summed E-state index contributed by atoms with van der Waals surface area (Å²) in [7, 11) is 3.24. The molecule has 1 saturated heterocycles. The highest BCUT2D eigenvalue weighted by Gasteiger charge is 2.24. The zero-order valence-electron chi connectivity index (χ0n) is 14.4. The molecule has 5 heteroatoms. The summed E-state index contributed by atoms with van der Waals surface area (Å²) in [4.78, 5) is 14.6. The SMILES string of the molecule is CCNCC1CCN(C(=O)Cc2c(OC)cccc2OC)CC1. The highest BCUT2D eigenvalue weighted by Crippen LogP contribution is 2.29. The molecule has 0 spiro atoms. The molecule has 128 valence electrons. The van der Waals surface area contributed by atoms with Crippen molar-refractivity contribution in [2.75, 3.05) is 40.4 Å². The average molecular weight is 320 g/mol. The van der Waals surface area contributed by atoms with E-state index < -0.39 is 0 Å². The van der Waals surface area contributed by atoms with Crippen LogP contribution in [0.25, 0.3) is 0 Å². The predicted molar refractivity (Wildman–Crippen MR) is 91.1 cm³/mol. The Morgan fingerprint density at radius 1 is 1.22 bits per heavy atom. The van der Waals surface area contributed by atoms with Gasteiger partial charge in [-0.25, -0.2) is 0 Å². The lowest BCUT2D eigenvalue weighted by atomic mass is 9.96. The number of methoxy groups -OCH3 is 2. The van der Waals surface area contributed by atoms with Gasteiger partial charge >= 0.3 is 0 Å². The summed E-state index contributed by atoms with van der Waals surface area (Å²) in [5, 5.41) is 3.40. The second kappa shape index (κ2) is 8.77. The number of amides is 1. The molecule has 0 atom stereocenters. The second-order valence-corrected chi connectivity index (χ2v) is 5.95. The van der Waals surface area contributed by atoms with Crippen molar-refractivity contribution >= 4 is 5.91 Å². The maximum Gasteiger partial charge on any atom is 0.227 e. The quantitative estimate of drug-likeness (QED) is 0.836. The van der Waals surface area contributed by atoms with Crippen LogP contribution in [0.4, 0.5) is 0 Å². The minimum absolute atomic E-state index is 0.148. The van der Waals surface area contributed by atoms with Crippen LogP contribution in [-0.2, 0) is 11.2 Å². The van der Waals surface area contributed by atoms with E-state index in [0.29, 0.717) is 23.8 Å². The largest absolute Gasteiger partial charge is 0.496 e. The van der Waals surface area contributed by atoms with Gasteiger partial charge in [0.15, 0.2) is 0 Å². The molecule has 1 aromatic rings. The third-order valence-corrected chi connectivity index (χ3v) is 4.51. The summed E-state index contributed by atoms with van der Waals surface area (Å²) in [6, 6.07) is 5.61. The number of piperidine rings is 1. The third kappa shape index (κ3) is 4.61. The van der Waals surface area contributed by atoms with Crippen LogP contribution in [0.2, 0.25) is 0 Å². The van der Waals surface area contributed by atoms with Crippen molar-refractivity contribution in [1.29, 1.82) is 0 Å². The second-order valence-electron chi connectivity index (χ2n) is 5.95. The van der Waals surface area contributed by atoms with Gasteiger partial charge in [-0.3, -0.25) is 4.79 Å². The molecule has 1 N–H and O–H groups in total. The van der Waals surface area contributed by atoms with E-state index in [9.17, 15) is 4.79 Å². The van der Waals surface area contributed by atoms with Gasteiger partial charge in [-0.2, -0.15) is 0 Å². The third-order valence-electron chi connectivity index (χ3n) is 4.51. The Bertz CT molecular complexity index is 489. The summed E-state index contributed by atoms with van der Waals surface area (Å²) in [5.41, 5.74) is 0.831. The lowest BCUT2D eigenvalue weighted by molar-refractivity contribution is -0.131. The molecule has 1 fully saturated rings. The van der Waals surface area contributed by atoms with Gasteiger partial charge in [0.05, 0.1) is 20.6 Å². The number of hydrogen-bond acceptors (Lipinski definition) is 4. The Hall–Kier alpha value is -1.75. The van der Waals surface area contributed by atoms with E-state index in [2.05, 4.69) is 12.2 Å². The summed E-state index contributed by atoms with van der Waals surface area (Å²) >= 11 is 0. The summed E-state index contributed by atoms with van der Waals surface area (Å²) in [6.07, 6.45) is 2.47.